The van der Waals surface area contributed by atoms with Gasteiger partial charge in [-0.05, 0) is 32.5 Å². The molecular weight excluding hydrogens is 174 g/mol. The minimum atomic E-state index is 0.464. The van der Waals surface area contributed by atoms with Gasteiger partial charge >= 0.3 is 0 Å². The summed E-state index contributed by atoms with van der Waals surface area (Å²) in [5.41, 5.74) is 0. The summed E-state index contributed by atoms with van der Waals surface area (Å²) in [6.07, 6.45) is 5.24. The fourth-order valence-electron chi connectivity index (χ4n) is 1.62. The quantitative estimate of drug-likeness (QED) is 0.696. The molecule has 0 spiro atoms. The van der Waals surface area contributed by atoms with E-state index in [0.717, 1.165) is 25.7 Å². The number of carbonyl (C=O) groups is 1. The van der Waals surface area contributed by atoms with Gasteiger partial charge in [0.25, 0.3) is 0 Å². The molecule has 0 saturated heterocycles. The van der Waals surface area contributed by atoms with Crippen molar-refractivity contribution >= 4 is 5.78 Å². The van der Waals surface area contributed by atoms with E-state index in [1.807, 2.05) is 0 Å². The molecule has 0 aromatic heterocycles. The Morgan fingerprint density at radius 2 is 1.36 bits per heavy atom. The van der Waals surface area contributed by atoms with Crippen LogP contribution in [0.25, 0.3) is 0 Å². The summed E-state index contributed by atoms with van der Waals surface area (Å²) in [4.78, 5) is 12.8. The molecule has 2 nitrogen and oxygen atoms in total. The summed E-state index contributed by atoms with van der Waals surface area (Å²) in [7, 11) is 0. The molecule has 0 aliphatic heterocycles. The first kappa shape index (κ1) is 13.6. The second-order valence-electron chi connectivity index (χ2n) is 3.72. The van der Waals surface area contributed by atoms with E-state index >= 15 is 0 Å². The largest absolute Gasteiger partial charge is 0.304 e. The van der Waals surface area contributed by atoms with E-state index in [2.05, 4.69) is 25.7 Å². The van der Waals surface area contributed by atoms with Gasteiger partial charge in [0, 0.05) is 12.8 Å². The van der Waals surface area contributed by atoms with E-state index in [4.69, 9.17) is 0 Å². The first-order valence-electron chi connectivity index (χ1n) is 5.98. The topological polar surface area (TPSA) is 20.3 Å². The maximum atomic E-state index is 10.5. The molecular formula is C12H25NO. The lowest BCUT2D eigenvalue weighted by Gasteiger charge is -2.13. The maximum Gasteiger partial charge on any atom is 0.132 e. The van der Waals surface area contributed by atoms with E-state index in [9.17, 15) is 4.79 Å². The maximum absolute atomic E-state index is 10.5. The number of ketones is 1. The van der Waals surface area contributed by atoms with E-state index in [0.29, 0.717) is 5.78 Å². The number of nitrogens with zero attached hydrogens (tertiary/aromatic N) is 1. The molecule has 1 aliphatic rings. The van der Waals surface area contributed by atoms with Crippen LogP contribution in [-0.2, 0) is 4.79 Å². The zero-order valence-corrected chi connectivity index (χ0v) is 10.0. The molecule has 0 unspecified atom stereocenters. The predicted molar refractivity (Wildman–Crippen MR) is 61.6 cm³/mol. The SMILES string of the molecule is CCN(CC)CC.O=C1CCCCC1. The Labute approximate surface area is 88.7 Å². The van der Waals surface area contributed by atoms with Crippen LogP contribution in [0.1, 0.15) is 52.9 Å². The highest BCUT2D eigenvalue weighted by Gasteiger charge is 2.05. The minimum absolute atomic E-state index is 0.464. The molecule has 1 fully saturated rings. The van der Waals surface area contributed by atoms with Crippen molar-refractivity contribution < 1.29 is 4.79 Å². The normalized spacial score (nSPS) is 16.4. The first-order valence-corrected chi connectivity index (χ1v) is 5.98. The second kappa shape index (κ2) is 9.20. The van der Waals surface area contributed by atoms with E-state index in [-0.39, 0.29) is 0 Å². The molecule has 0 amide bonds. The third-order valence-electron chi connectivity index (χ3n) is 2.75. The Balaban J connectivity index is 0.000000241. The van der Waals surface area contributed by atoms with Crippen LogP contribution >= 0.6 is 0 Å². The smallest absolute Gasteiger partial charge is 0.132 e. The molecule has 84 valence electrons. The molecule has 0 aromatic rings. The van der Waals surface area contributed by atoms with Crippen LogP contribution in [0.2, 0.25) is 0 Å². The Morgan fingerprint density at radius 1 is 0.929 bits per heavy atom. The van der Waals surface area contributed by atoms with Crippen molar-refractivity contribution in [2.45, 2.75) is 52.9 Å². The third-order valence-corrected chi connectivity index (χ3v) is 2.75. The first-order chi connectivity index (χ1) is 6.74. The van der Waals surface area contributed by atoms with Gasteiger partial charge in [0.15, 0.2) is 0 Å². The summed E-state index contributed by atoms with van der Waals surface area (Å²) in [5.74, 6) is 0.464. The second-order valence-corrected chi connectivity index (χ2v) is 3.72. The van der Waals surface area contributed by atoms with E-state index in [1.165, 1.54) is 26.1 Å². The van der Waals surface area contributed by atoms with Crippen molar-refractivity contribution in [3.63, 3.8) is 0 Å². The highest BCUT2D eigenvalue weighted by atomic mass is 16.1. The number of carbonyl (C=O) groups excluding carboxylic acids is 1. The van der Waals surface area contributed by atoms with Crippen molar-refractivity contribution in [3.8, 4) is 0 Å². The standard InChI is InChI=1S/C6H15N.C6H10O/c1-4-7(5-2)6-3;7-6-4-2-1-3-5-6/h4-6H2,1-3H3;1-5H2. The molecule has 0 atom stereocenters. The van der Waals surface area contributed by atoms with Gasteiger partial charge in [-0.15, -0.1) is 0 Å². The van der Waals surface area contributed by atoms with Gasteiger partial charge in [-0.25, -0.2) is 0 Å². The van der Waals surface area contributed by atoms with Gasteiger partial charge in [0.2, 0.25) is 0 Å². The summed E-state index contributed by atoms with van der Waals surface area (Å²) >= 11 is 0. The highest BCUT2D eigenvalue weighted by molar-refractivity contribution is 5.78. The average Bonchev–Trinajstić information content (AvgIpc) is 2.22. The fraction of sp³-hybridized carbons (Fsp3) is 0.917. The van der Waals surface area contributed by atoms with Crippen LogP contribution in [-0.4, -0.2) is 30.3 Å². The van der Waals surface area contributed by atoms with E-state index in [1.54, 1.807) is 0 Å². The third kappa shape index (κ3) is 7.07. The number of hydrogen-bond acceptors (Lipinski definition) is 2. The summed E-state index contributed by atoms with van der Waals surface area (Å²) in [6.45, 7) is 10.1. The van der Waals surface area contributed by atoms with Crippen LogP contribution in [0, 0.1) is 0 Å². The molecule has 1 saturated carbocycles. The van der Waals surface area contributed by atoms with Gasteiger partial charge in [-0.3, -0.25) is 4.79 Å². The summed E-state index contributed by atoms with van der Waals surface area (Å²) < 4.78 is 0. The van der Waals surface area contributed by atoms with Crippen molar-refractivity contribution in [2.24, 2.45) is 0 Å². The van der Waals surface area contributed by atoms with Gasteiger partial charge in [0.1, 0.15) is 5.78 Å². The zero-order chi connectivity index (χ0) is 10.8. The number of hydrogen-bond donors (Lipinski definition) is 0. The van der Waals surface area contributed by atoms with Crippen molar-refractivity contribution in [3.05, 3.63) is 0 Å². The molecule has 0 heterocycles. The van der Waals surface area contributed by atoms with Crippen molar-refractivity contribution in [1.29, 1.82) is 0 Å². The molecule has 0 radical (unpaired) electrons. The molecule has 0 bridgehead atoms. The van der Waals surface area contributed by atoms with Crippen LogP contribution in [0.15, 0.2) is 0 Å². The summed E-state index contributed by atoms with van der Waals surface area (Å²) in [5, 5.41) is 0. The lowest BCUT2D eigenvalue weighted by Crippen LogP contribution is -2.21. The fourth-order valence-corrected chi connectivity index (χ4v) is 1.62. The Bertz CT molecular complexity index is 128. The molecule has 0 aromatic carbocycles. The summed E-state index contributed by atoms with van der Waals surface area (Å²) in [6, 6.07) is 0. The van der Waals surface area contributed by atoms with E-state index < -0.39 is 0 Å². The van der Waals surface area contributed by atoms with Gasteiger partial charge in [-0.1, -0.05) is 27.2 Å². The number of Topliss-reactive ketones (excluding diaryl/α,β-unsaturated/α-hetero) is 1. The highest BCUT2D eigenvalue weighted by Crippen LogP contribution is 2.12. The Kier molecular flexibility index (Phi) is 8.95. The minimum Gasteiger partial charge on any atom is -0.304 e. The average molecular weight is 199 g/mol. The predicted octanol–water partition coefficient (Wildman–Crippen LogP) is 2.87. The lowest BCUT2D eigenvalue weighted by molar-refractivity contribution is -0.120. The zero-order valence-electron chi connectivity index (χ0n) is 10.0. The molecule has 14 heavy (non-hydrogen) atoms. The van der Waals surface area contributed by atoms with Crippen LogP contribution in [0.3, 0.4) is 0 Å². The monoisotopic (exact) mass is 199 g/mol. The van der Waals surface area contributed by atoms with Crippen molar-refractivity contribution in [2.75, 3.05) is 19.6 Å². The van der Waals surface area contributed by atoms with Crippen LogP contribution in [0.5, 0.6) is 0 Å². The van der Waals surface area contributed by atoms with Crippen molar-refractivity contribution in [1.82, 2.24) is 4.90 Å². The molecule has 1 aliphatic carbocycles. The Morgan fingerprint density at radius 3 is 1.50 bits per heavy atom. The van der Waals surface area contributed by atoms with Gasteiger partial charge in [0.05, 0.1) is 0 Å². The molecule has 1 rings (SSSR count). The lowest BCUT2D eigenvalue weighted by atomic mass is 10.00. The number of rotatable bonds is 3. The van der Waals surface area contributed by atoms with Crippen LogP contribution in [0.4, 0.5) is 0 Å². The Hall–Kier alpha value is -0.370. The molecule has 2 heteroatoms. The van der Waals surface area contributed by atoms with Gasteiger partial charge in [-0.2, -0.15) is 0 Å². The van der Waals surface area contributed by atoms with Crippen LogP contribution < -0.4 is 0 Å². The van der Waals surface area contributed by atoms with Gasteiger partial charge < -0.3 is 4.90 Å². The molecule has 0 N–H and O–H groups in total.